The van der Waals surface area contributed by atoms with Crippen LogP contribution in [0.15, 0.2) is 0 Å². The van der Waals surface area contributed by atoms with Crippen LogP contribution in [0.25, 0.3) is 0 Å². The number of nitrogens with one attached hydrogen (secondary N) is 1. The Morgan fingerprint density at radius 3 is 2.38 bits per heavy atom. The van der Waals surface area contributed by atoms with Crippen LogP contribution >= 0.6 is 0 Å². The molecule has 0 bridgehead atoms. The van der Waals surface area contributed by atoms with Gasteiger partial charge in [0.1, 0.15) is 0 Å². The van der Waals surface area contributed by atoms with Gasteiger partial charge in [-0.1, -0.05) is 19.8 Å². The lowest BCUT2D eigenvalue weighted by Crippen LogP contribution is -2.41. The summed E-state index contributed by atoms with van der Waals surface area (Å²) in [5.74, 6) is 2.76. The third kappa shape index (κ3) is 3.85. The summed E-state index contributed by atoms with van der Waals surface area (Å²) in [5.41, 5.74) is 0. The first-order valence-electron chi connectivity index (χ1n) is 6.85. The molecule has 1 saturated carbocycles. The highest BCUT2D eigenvalue weighted by Gasteiger charge is 2.22. The molecule has 2 nitrogen and oxygen atoms in total. The zero-order valence-corrected chi connectivity index (χ0v) is 11.2. The first kappa shape index (κ1) is 12.6. The highest BCUT2D eigenvalue weighted by molar-refractivity contribution is 7.85. The van der Waals surface area contributed by atoms with Crippen molar-refractivity contribution in [2.45, 2.75) is 64.0 Å². The first-order chi connectivity index (χ1) is 7.74. The summed E-state index contributed by atoms with van der Waals surface area (Å²) >= 11 is 0. The smallest absolute Gasteiger partial charge is 0.0249 e. The summed E-state index contributed by atoms with van der Waals surface area (Å²) in [6.45, 7) is 2.38. The molecule has 2 unspecified atom stereocenters. The van der Waals surface area contributed by atoms with Crippen LogP contribution in [0, 0.1) is 5.92 Å². The van der Waals surface area contributed by atoms with E-state index in [4.69, 9.17) is 0 Å². The molecule has 3 heteroatoms. The molecule has 2 fully saturated rings. The lowest BCUT2D eigenvalue weighted by Gasteiger charge is -2.27. The van der Waals surface area contributed by atoms with Crippen molar-refractivity contribution in [3.8, 4) is 0 Å². The molecule has 1 N–H and O–H groups in total. The number of hydrogen-bond acceptors (Lipinski definition) is 2. The average Bonchev–Trinajstić information content (AvgIpc) is 2.47. The second-order valence-corrected chi connectivity index (χ2v) is 7.30. The maximum absolute atomic E-state index is 11.3. The van der Waals surface area contributed by atoms with Crippen molar-refractivity contribution < 1.29 is 4.21 Å². The zero-order valence-electron chi connectivity index (χ0n) is 10.4. The van der Waals surface area contributed by atoms with Gasteiger partial charge in [-0.15, -0.1) is 0 Å². The van der Waals surface area contributed by atoms with Crippen LogP contribution in [0.2, 0.25) is 0 Å². The van der Waals surface area contributed by atoms with Crippen LogP contribution < -0.4 is 5.32 Å². The van der Waals surface area contributed by atoms with Crippen LogP contribution in [0.3, 0.4) is 0 Å². The molecule has 0 aromatic carbocycles. The predicted molar refractivity (Wildman–Crippen MR) is 70.1 cm³/mol. The van der Waals surface area contributed by atoms with E-state index in [1.165, 1.54) is 32.1 Å². The van der Waals surface area contributed by atoms with E-state index >= 15 is 0 Å². The van der Waals surface area contributed by atoms with E-state index in [0.29, 0.717) is 6.04 Å². The fourth-order valence-electron chi connectivity index (χ4n) is 2.95. The Morgan fingerprint density at radius 2 is 1.62 bits per heavy atom. The van der Waals surface area contributed by atoms with Gasteiger partial charge in [0.2, 0.25) is 0 Å². The molecule has 0 spiro atoms. The van der Waals surface area contributed by atoms with E-state index in [1.54, 1.807) is 0 Å². The molecular weight excluding hydrogens is 218 g/mol. The van der Waals surface area contributed by atoms with Crippen LogP contribution in [0.4, 0.5) is 0 Å². The Kier molecular flexibility index (Phi) is 4.83. The van der Waals surface area contributed by atoms with Gasteiger partial charge in [0.15, 0.2) is 0 Å². The van der Waals surface area contributed by atoms with Gasteiger partial charge in [-0.25, -0.2) is 0 Å². The van der Waals surface area contributed by atoms with Crippen molar-refractivity contribution >= 4 is 10.8 Å². The topological polar surface area (TPSA) is 29.1 Å². The Hall–Kier alpha value is 0.110. The van der Waals surface area contributed by atoms with Crippen molar-refractivity contribution in [1.29, 1.82) is 0 Å². The maximum atomic E-state index is 11.3. The molecule has 1 heterocycles. The van der Waals surface area contributed by atoms with Gasteiger partial charge in [0, 0.05) is 34.4 Å². The maximum Gasteiger partial charge on any atom is 0.0249 e. The van der Waals surface area contributed by atoms with E-state index < -0.39 is 10.8 Å². The third-order valence-electron chi connectivity index (χ3n) is 4.12. The third-order valence-corrected chi connectivity index (χ3v) is 5.50. The average molecular weight is 243 g/mol. The second-order valence-electron chi connectivity index (χ2n) is 5.60. The SMILES string of the molecule is CC1CCCC(NC2CCS(=O)CC2)CC1. The van der Waals surface area contributed by atoms with Gasteiger partial charge in [-0.2, -0.15) is 0 Å². The fraction of sp³-hybridized carbons (Fsp3) is 1.00. The molecule has 1 saturated heterocycles. The van der Waals surface area contributed by atoms with Crippen LogP contribution in [0.5, 0.6) is 0 Å². The van der Waals surface area contributed by atoms with Gasteiger partial charge >= 0.3 is 0 Å². The van der Waals surface area contributed by atoms with E-state index in [2.05, 4.69) is 12.2 Å². The van der Waals surface area contributed by atoms with Crippen LogP contribution in [-0.4, -0.2) is 27.8 Å². The minimum Gasteiger partial charge on any atom is -0.311 e. The lowest BCUT2D eigenvalue weighted by molar-refractivity contribution is 0.372. The molecule has 1 aliphatic heterocycles. The van der Waals surface area contributed by atoms with Crippen molar-refractivity contribution in [2.75, 3.05) is 11.5 Å². The van der Waals surface area contributed by atoms with Crippen LogP contribution in [-0.2, 0) is 10.8 Å². The highest BCUT2D eigenvalue weighted by Crippen LogP contribution is 2.23. The number of rotatable bonds is 2. The van der Waals surface area contributed by atoms with Gasteiger partial charge in [-0.05, 0) is 38.0 Å². The van der Waals surface area contributed by atoms with Crippen molar-refractivity contribution in [2.24, 2.45) is 5.92 Å². The largest absolute Gasteiger partial charge is 0.311 e. The molecule has 2 atom stereocenters. The fourth-order valence-corrected chi connectivity index (χ4v) is 4.25. The molecule has 2 aliphatic rings. The summed E-state index contributed by atoms with van der Waals surface area (Å²) in [7, 11) is -0.517. The predicted octanol–water partition coefficient (Wildman–Crippen LogP) is 2.46. The van der Waals surface area contributed by atoms with E-state index in [9.17, 15) is 4.21 Å². The van der Waals surface area contributed by atoms with E-state index in [1.807, 2.05) is 0 Å². The minimum absolute atomic E-state index is 0.517. The zero-order chi connectivity index (χ0) is 11.4. The van der Waals surface area contributed by atoms with Crippen molar-refractivity contribution in [3.05, 3.63) is 0 Å². The molecule has 16 heavy (non-hydrogen) atoms. The van der Waals surface area contributed by atoms with E-state index in [0.717, 1.165) is 36.3 Å². The summed E-state index contributed by atoms with van der Waals surface area (Å²) in [4.78, 5) is 0. The monoisotopic (exact) mass is 243 g/mol. The molecule has 0 amide bonds. The van der Waals surface area contributed by atoms with Gasteiger partial charge < -0.3 is 5.32 Å². The first-order valence-corrected chi connectivity index (χ1v) is 8.34. The van der Waals surface area contributed by atoms with Gasteiger partial charge in [0.25, 0.3) is 0 Å². The van der Waals surface area contributed by atoms with Gasteiger partial charge in [0.05, 0.1) is 0 Å². The normalized spacial score (nSPS) is 41.6. The molecule has 0 radical (unpaired) electrons. The van der Waals surface area contributed by atoms with Gasteiger partial charge in [-0.3, -0.25) is 4.21 Å². The highest BCUT2D eigenvalue weighted by atomic mass is 32.2. The molecular formula is C13H25NOS. The summed E-state index contributed by atoms with van der Waals surface area (Å²) < 4.78 is 11.3. The van der Waals surface area contributed by atoms with Crippen LogP contribution in [0.1, 0.15) is 51.9 Å². The molecule has 2 rings (SSSR count). The molecule has 0 aromatic rings. The minimum atomic E-state index is -0.517. The standard InChI is InChI=1S/C13H25NOS/c1-11-3-2-4-12(6-5-11)14-13-7-9-16(15)10-8-13/h11-14H,2-10H2,1H3. The Morgan fingerprint density at radius 1 is 0.938 bits per heavy atom. The van der Waals surface area contributed by atoms with Crippen molar-refractivity contribution in [1.82, 2.24) is 5.32 Å². The van der Waals surface area contributed by atoms with E-state index in [-0.39, 0.29) is 0 Å². The lowest BCUT2D eigenvalue weighted by atomic mass is 10.0. The summed E-state index contributed by atoms with van der Waals surface area (Å²) in [5, 5.41) is 3.80. The molecule has 94 valence electrons. The Bertz CT molecular complexity index is 234. The quantitative estimate of drug-likeness (QED) is 0.755. The summed E-state index contributed by atoms with van der Waals surface area (Å²) in [6.07, 6.45) is 9.13. The Balaban J connectivity index is 1.74. The molecule has 1 aliphatic carbocycles. The molecule has 0 aromatic heterocycles. The van der Waals surface area contributed by atoms with Crippen molar-refractivity contribution in [3.63, 3.8) is 0 Å². The Labute approximate surface area is 102 Å². The number of hydrogen-bond donors (Lipinski definition) is 1. The summed E-state index contributed by atoms with van der Waals surface area (Å²) in [6, 6.07) is 1.39. The second kappa shape index (κ2) is 6.15.